The van der Waals surface area contributed by atoms with Crippen LogP contribution in [0.3, 0.4) is 0 Å². The molecular formula is C8H13N2O+. The van der Waals surface area contributed by atoms with E-state index in [2.05, 4.69) is 0 Å². The molecular weight excluding hydrogens is 140 g/mol. The van der Waals surface area contributed by atoms with Crippen LogP contribution in [-0.2, 0) is 13.1 Å². The maximum Gasteiger partial charge on any atom is 0.337 e. The molecule has 0 fully saturated rings. The van der Waals surface area contributed by atoms with Crippen molar-refractivity contribution in [1.29, 1.82) is 0 Å². The molecule has 60 valence electrons. The number of nitrogens with zero attached hydrogens (tertiary/aromatic N) is 2. The monoisotopic (exact) mass is 153 g/mol. The summed E-state index contributed by atoms with van der Waals surface area (Å²) < 4.78 is 3.66. The maximum atomic E-state index is 11.1. The summed E-state index contributed by atoms with van der Waals surface area (Å²) in [6.07, 6.45) is 3.64. The summed E-state index contributed by atoms with van der Waals surface area (Å²) in [5.41, 5.74) is 0.0669. The predicted molar refractivity (Wildman–Crippen MR) is 42.2 cm³/mol. The van der Waals surface area contributed by atoms with Crippen molar-refractivity contribution in [2.24, 2.45) is 0 Å². The van der Waals surface area contributed by atoms with Gasteiger partial charge >= 0.3 is 5.56 Å². The zero-order chi connectivity index (χ0) is 8.27. The second kappa shape index (κ2) is 3.32. The molecule has 1 aromatic heterocycles. The fraction of sp³-hybridized carbons (Fsp3) is 0.500. The van der Waals surface area contributed by atoms with Gasteiger partial charge in [0.2, 0.25) is 6.33 Å². The van der Waals surface area contributed by atoms with E-state index < -0.39 is 0 Å². The van der Waals surface area contributed by atoms with E-state index in [9.17, 15) is 4.79 Å². The van der Waals surface area contributed by atoms with Gasteiger partial charge in [0, 0.05) is 0 Å². The Kier molecular flexibility index (Phi) is 2.41. The van der Waals surface area contributed by atoms with Gasteiger partial charge in [-0.15, -0.1) is 0 Å². The van der Waals surface area contributed by atoms with Crippen LogP contribution in [0.15, 0.2) is 23.4 Å². The highest BCUT2D eigenvalue weighted by molar-refractivity contribution is 4.76. The lowest BCUT2D eigenvalue weighted by molar-refractivity contribution is -0.698. The average Bonchev–Trinajstić information content (AvgIpc) is 2.05. The third kappa shape index (κ3) is 1.67. The van der Waals surface area contributed by atoms with Crippen LogP contribution in [0.1, 0.15) is 13.8 Å². The van der Waals surface area contributed by atoms with E-state index in [-0.39, 0.29) is 5.56 Å². The largest absolute Gasteiger partial charge is 0.337 e. The van der Waals surface area contributed by atoms with Gasteiger partial charge in [-0.2, -0.15) is 4.57 Å². The van der Waals surface area contributed by atoms with Crippen LogP contribution in [-0.4, -0.2) is 4.57 Å². The van der Waals surface area contributed by atoms with Crippen molar-refractivity contribution >= 4 is 0 Å². The quantitative estimate of drug-likeness (QED) is 0.556. The van der Waals surface area contributed by atoms with Crippen LogP contribution in [0.5, 0.6) is 0 Å². The van der Waals surface area contributed by atoms with E-state index in [0.29, 0.717) is 0 Å². The first-order chi connectivity index (χ1) is 5.27. The van der Waals surface area contributed by atoms with Crippen molar-refractivity contribution < 1.29 is 4.57 Å². The molecule has 0 aliphatic heterocycles. The molecule has 0 amide bonds. The SMILES string of the molecule is CCn1c[n+](CC)ccc1=O. The zero-order valence-electron chi connectivity index (χ0n) is 6.95. The van der Waals surface area contributed by atoms with Gasteiger partial charge in [-0.3, -0.25) is 0 Å². The Bertz CT molecular complexity index is 290. The van der Waals surface area contributed by atoms with Gasteiger partial charge in [0.15, 0.2) is 0 Å². The van der Waals surface area contributed by atoms with E-state index in [4.69, 9.17) is 0 Å². The fourth-order valence-electron chi connectivity index (χ4n) is 0.954. The molecule has 0 unspecified atom stereocenters. The zero-order valence-corrected chi connectivity index (χ0v) is 6.95. The molecule has 0 N–H and O–H groups in total. The Morgan fingerprint density at radius 1 is 1.55 bits per heavy atom. The van der Waals surface area contributed by atoms with Gasteiger partial charge in [-0.05, 0) is 13.8 Å². The summed E-state index contributed by atoms with van der Waals surface area (Å²) in [5, 5.41) is 0. The van der Waals surface area contributed by atoms with Gasteiger partial charge in [0.1, 0.15) is 0 Å². The van der Waals surface area contributed by atoms with Crippen LogP contribution >= 0.6 is 0 Å². The highest BCUT2D eigenvalue weighted by Crippen LogP contribution is 1.74. The molecule has 1 rings (SSSR count). The molecule has 1 heterocycles. The molecule has 0 bridgehead atoms. The number of aromatic nitrogens is 2. The molecule has 1 aromatic rings. The van der Waals surface area contributed by atoms with Gasteiger partial charge in [0.25, 0.3) is 0 Å². The lowest BCUT2D eigenvalue weighted by atomic mass is 10.5. The molecule has 3 heteroatoms. The summed E-state index contributed by atoms with van der Waals surface area (Å²) in [7, 11) is 0. The Morgan fingerprint density at radius 2 is 2.27 bits per heavy atom. The summed E-state index contributed by atoms with van der Waals surface area (Å²) in [6.45, 7) is 5.64. The summed E-state index contributed by atoms with van der Waals surface area (Å²) in [5.74, 6) is 0. The highest BCUT2D eigenvalue weighted by Gasteiger charge is 1.99. The number of hydrogen-bond donors (Lipinski definition) is 0. The van der Waals surface area contributed by atoms with Gasteiger partial charge < -0.3 is 0 Å². The lowest BCUT2D eigenvalue weighted by Crippen LogP contribution is -2.38. The van der Waals surface area contributed by atoms with Crippen LogP contribution in [0.2, 0.25) is 0 Å². The highest BCUT2D eigenvalue weighted by atomic mass is 16.1. The molecule has 0 aliphatic rings. The van der Waals surface area contributed by atoms with Crippen LogP contribution in [0.4, 0.5) is 0 Å². The van der Waals surface area contributed by atoms with E-state index in [1.54, 1.807) is 16.8 Å². The molecule has 0 aliphatic carbocycles. The van der Waals surface area contributed by atoms with Crippen molar-refractivity contribution in [2.75, 3.05) is 0 Å². The Labute approximate surface area is 65.9 Å². The van der Waals surface area contributed by atoms with Crippen molar-refractivity contribution in [3.63, 3.8) is 0 Å². The smallest absolute Gasteiger partial charge is 0.241 e. The average molecular weight is 153 g/mol. The van der Waals surface area contributed by atoms with Crippen LogP contribution < -0.4 is 10.1 Å². The third-order valence-corrected chi connectivity index (χ3v) is 1.69. The molecule has 3 nitrogen and oxygen atoms in total. The van der Waals surface area contributed by atoms with Crippen molar-refractivity contribution in [1.82, 2.24) is 4.57 Å². The minimum Gasteiger partial charge on any atom is -0.241 e. The Morgan fingerprint density at radius 3 is 2.82 bits per heavy atom. The van der Waals surface area contributed by atoms with Gasteiger partial charge in [-0.1, -0.05) is 0 Å². The van der Waals surface area contributed by atoms with Crippen molar-refractivity contribution in [3.8, 4) is 0 Å². The van der Waals surface area contributed by atoms with E-state index in [1.807, 2.05) is 24.7 Å². The Balaban J connectivity index is 3.13. The molecule has 0 atom stereocenters. The Hall–Kier alpha value is -1.12. The third-order valence-electron chi connectivity index (χ3n) is 1.69. The minimum absolute atomic E-state index is 0.0669. The minimum atomic E-state index is 0.0669. The van der Waals surface area contributed by atoms with E-state index >= 15 is 0 Å². The lowest BCUT2D eigenvalue weighted by Gasteiger charge is -1.96. The summed E-state index contributed by atoms with van der Waals surface area (Å²) in [6, 6.07) is 1.59. The first kappa shape index (κ1) is 7.98. The second-order valence-electron chi connectivity index (χ2n) is 2.39. The van der Waals surface area contributed by atoms with E-state index in [0.717, 1.165) is 13.1 Å². The second-order valence-corrected chi connectivity index (χ2v) is 2.39. The molecule has 0 spiro atoms. The van der Waals surface area contributed by atoms with Crippen molar-refractivity contribution in [3.05, 3.63) is 28.9 Å². The summed E-state index contributed by atoms with van der Waals surface area (Å²) in [4.78, 5) is 11.1. The number of hydrogen-bond acceptors (Lipinski definition) is 1. The molecule has 0 aromatic carbocycles. The first-order valence-corrected chi connectivity index (χ1v) is 3.87. The molecule has 0 saturated heterocycles. The predicted octanol–water partition coefficient (Wildman–Crippen LogP) is 0.176. The van der Waals surface area contributed by atoms with Crippen molar-refractivity contribution in [2.45, 2.75) is 26.9 Å². The number of aryl methyl sites for hydroxylation is 2. The molecule has 0 saturated carbocycles. The normalized spacial score (nSPS) is 10.0. The maximum absolute atomic E-state index is 11.1. The molecule has 0 radical (unpaired) electrons. The fourth-order valence-corrected chi connectivity index (χ4v) is 0.954. The topological polar surface area (TPSA) is 25.9 Å². The molecule has 11 heavy (non-hydrogen) atoms. The van der Waals surface area contributed by atoms with Gasteiger partial charge in [-0.25, -0.2) is 9.36 Å². The number of rotatable bonds is 2. The first-order valence-electron chi connectivity index (χ1n) is 3.87. The standard InChI is InChI=1S/C8H13N2O/c1-3-9-6-5-8(11)10(4-2)7-9/h5-7H,3-4H2,1-2H3/q+1. The van der Waals surface area contributed by atoms with E-state index in [1.165, 1.54) is 0 Å². The van der Waals surface area contributed by atoms with Crippen LogP contribution in [0.25, 0.3) is 0 Å². The summed E-state index contributed by atoms with van der Waals surface area (Å²) >= 11 is 0. The van der Waals surface area contributed by atoms with Crippen LogP contribution in [0, 0.1) is 0 Å². The van der Waals surface area contributed by atoms with Gasteiger partial charge in [0.05, 0.1) is 25.4 Å².